The summed E-state index contributed by atoms with van der Waals surface area (Å²) in [6, 6.07) is 0.494. The Morgan fingerprint density at radius 2 is 1.86 bits per heavy atom. The third-order valence-electron chi connectivity index (χ3n) is 3.36. The first-order valence-corrected chi connectivity index (χ1v) is 5.31. The lowest BCUT2D eigenvalue weighted by atomic mass is 9.91. The summed E-state index contributed by atoms with van der Waals surface area (Å²) in [5.74, 6) is 0. The van der Waals surface area contributed by atoms with Crippen LogP contribution in [0.4, 0.5) is 0 Å². The van der Waals surface area contributed by atoms with Gasteiger partial charge in [0.05, 0.1) is 12.2 Å². The van der Waals surface area contributed by atoms with Crippen LogP contribution in [0.15, 0.2) is 0 Å². The van der Waals surface area contributed by atoms with Crippen LogP contribution in [-0.2, 0) is 0 Å². The van der Waals surface area contributed by atoms with Gasteiger partial charge in [-0.3, -0.25) is 4.90 Å². The minimum Gasteiger partial charge on any atom is -0.393 e. The van der Waals surface area contributed by atoms with E-state index in [1.165, 1.54) is 0 Å². The third-order valence-corrected chi connectivity index (χ3v) is 3.36. The predicted molar refractivity (Wildman–Crippen MR) is 56.0 cm³/mol. The monoisotopic (exact) mass is 202 g/mol. The quantitative estimate of drug-likeness (QED) is 0.579. The van der Waals surface area contributed by atoms with Crippen molar-refractivity contribution in [3.8, 4) is 0 Å². The summed E-state index contributed by atoms with van der Waals surface area (Å²) >= 11 is 0. The predicted octanol–water partition coefficient (Wildman–Crippen LogP) is -0.459. The molecular weight excluding hydrogens is 180 g/mol. The summed E-state index contributed by atoms with van der Waals surface area (Å²) in [5, 5.41) is 18.8. The van der Waals surface area contributed by atoms with Gasteiger partial charge in [-0.2, -0.15) is 0 Å². The summed E-state index contributed by atoms with van der Waals surface area (Å²) in [6.07, 6.45) is 1.28. The first-order valence-electron chi connectivity index (χ1n) is 5.31. The Bertz CT molecular complexity index is 177. The van der Waals surface area contributed by atoms with Crippen molar-refractivity contribution in [2.45, 2.75) is 44.4 Å². The smallest absolute Gasteiger partial charge is 0.0901 e. The lowest BCUT2D eigenvalue weighted by Gasteiger charge is -2.41. The van der Waals surface area contributed by atoms with Crippen molar-refractivity contribution < 1.29 is 10.2 Å². The molecule has 4 N–H and O–H groups in total. The van der Waals surface area contributed by atoms with Gasteiger partial charge in [0.25, 0.3) is 0 Å². The van der Waals surface area contributed by atoms with E-state index in [-0.39, 0.29) is 12.6 Å². The molecule has 14 heavy (non-hydrogen) atoms. The Morgan fingerprint density at radius 1 is 1.36 bits per heavy atom. The van der Waals surface area contributed by atoms with E-state index in [1.807, 2.05) is 6.92 Å². The van der Waals surface area contributed by atoms with Crippen LogP contribution in [0.3, 0.4) is 0 Å². The highest BCUT2D eigenvalue weighted by atomic mass is 16.3. The Morgan fingerprint density at radius 3 is 2.21 bits per heavy atom. The van der Waals surface area contributed by atoms with Crippen molar-refractivity contribution in [2.75, 3.05) is 19.7 Å². The van der Waals surface area contributed by atoms with Crippen LogP contribution < -0.4 is 5.73 Å². The van der Waals surface area contributed by atoms with Crippen LogP contribution in [0.25, 0.3) is 0 Å². The lowest BCUT2D eigenvalue weighted by Crippen LogP contribution is -2.53. The van der Waals surface area contributed by atoms with Gasteiger partial charge in [0.15, 0.2) is 0 Å². The minimum atomic E-state index is -0.853. The molecule has 2 unspecified atom stereocenters. The second-order valence-electron chi connectivity index (χ2n) is 4.52. The molecule has 4 nitrogen and oxygen atoms in total. The number of hydrogen-bond donors (Lipinski definition) is 3. The molecule has 0 amide bonds. The van der Waals surface area contributed by atoms with Crippen LogP contribution in [0.5, 0.6) is 0 Å². The maximum absolute atomic E-state index is 9.81. The largest absolute Gasteiger partial charge is 0.393 e. The van der Waals surface area contributed by atoms with Gasteiger partial charge in [-0.1, -0.05) is 0 Å². The Labute approximate surface area is 85.7 Å². The molecule has 2 atom stereocenters. The molecule has 0 radical (unpaired) electrons. The number of aliphatic hydroxyl groups excluding tert-OH is 1. The average Bonchev–Trinajstić information content (AvgIpc) is 2.18. The van der Waals surface area contributed by atoms with Crippen molar-refractivity contribution >= 4 is 0 Å². The van der Waals surface area contributed by atoms with E-state index >= 15 is 0 Å². The maximum atomic E-state index is 9.81. The summed E-state index contributed by atoms with van der Waals surface area (Å²) in [6.45, 7) is 5.61. The van der Waals surface area contributed by atoms with E-state index in [2.05, 4.69) is 11.8 Å². The van der Waals surface area contributed by atoms with Crippen LogP contribution in [0.2, 0.25) is 0 Å². The molecule has 0 aromatic carbocycles. The molecule has 1 fully saturated rings. The van der Waals surface area contributed by atoms with Crippen molar-refractivity contribution in [1.82, 2.24) is 4.90 Å². The van der Waals surface area contributed by atoms with Gasteiger partial charge in [-0.15, -0.1) is 0 Å². The molecule has 0 aromatic rings. The first-order chi connectivity index (χ1) is 6.48. The van der Waals surface area contributed by atoms with Crippen LogP contribution in [-0.4, -0.2) is 52.5 Å². The number of rotatable bonds is 3. The molecule has 0 aliphatic carbocycles. The van der Waals surface area contributed by atoms with Crippen molar-refractivity contribution in [3.63, 3.8) is 0 Å². The van der Waals surface area contributed by atoms with Crippen molar-refractivity contribution in [3.05, 3.63) is 0 Å². The number of hydrogen-bond acceptors (Lipinski definition) is 4. The molecule has 1 heterocycles. The summed E-state index contributed by atoms with van der Waals surface area (Å²) in [5.41, 5.74) is 4.96. The fourth-order valence-electron chi connectivity index (χ4n) is 1.84. The zero-order valence-corrected chi connectivity index (χ0v) is 9.11. The number of likely N-dealkylation sites (tertiary alicyclic amines) is 1. The number of nitrogens with zero attached hydrogens (tertiary/aromatic N) is 1. The lowest BCUT2D eigenvalue weighted by molar-refractivity contribution is -0.0659. The molecule has 0 aromatic heterocycles. The van der Waals surface area contributed by atoms with E-state index in [9.17, 15) is 5.11 Å². The van der Waals surface area contributed by atoms with Gasteiger partial charge in [0, 0.05) is 25.2 Å². The highest BCUT2D eigenvalue weighted by molar-refractivity contribution is 4.88. The van der Waals surface area contributed by atoms with E-state index in [0.29, 0.717) is 18.9 Å². The number of nitrogens with two attached hydrogens (primary N) is 1. The van der Waals surface area contributed by atoms with E-state index in [0.717, 1.165) is 13.1 Å². The molecule has 0 spiro atoms. The first kappa shape index (κ1) is 11.9. The average molecular weight is 202 g/mol. The Balaban J connectivity index is 2.43. The van der Waals surface area contributed by atoms with Crippen LogP contribution >= 0.6 is 0 Å². The van der Waals surface area contributed by atoms with Gasteiger partial charge >= 0.3 is 0 Å². The highest BCUT2D eigenvalue weighted by Crippen LogP contribution is 2.23. The summed E-state index contributed by atoms with van der Waals surface area (Å²) in [4.78, 5) is 2.27. The molecule has 0 saturated carbocycles. The maximum Gasteiger partial charge on any atom is 0.0901 e. The fourth-order valence-corrected chi connectivity index (χ4v) is 1.84. The number of piperidine rings is 1. The zero-order chi connectivity index (χ0) is 10.8. The Hall–Kier alpha value is -0.160. The molecular formula is C10H22N2O2. The molecule has 4 heteroatoms. The Kier molecular flexibility index (Phi) is 3.89. The number of aliphatic hydroxyl groups is 2. The fraction of sp³-hybridized carbons (Fsp3) is 1.00. The minimum absolute atomic E-state index is 0.132. The normalized spacial score (nSPS) is 27.2. The van der Waals surface area contributed by atoms with E-state index < -0.39 is 5.60 Å². The molecule has 1 aliphatic rings. The zero-order valence-electron chi connectivity index (χ0n) is 9.11. The summed E-state index contributed by atoms with van der Waals surface area (Å²) < 4.78 is 0. The molecule has 1 saturated heterocycles. The third kappa shape index (κ3) is 2.67. The molecule has 1 aliphatic heterocycles. The van der Waals surface area contributed by atoms with Crippen molar-refractivity contribution in [1.29, 1.82) is 0 Å². The highest BCUT2D eigenvalue weighted by Gasteiger charge is 2.33. The van der Waals surface area contributed by atoms with Gasteiger partial charge in [0.2, 0.25) is 0 Å². The van der Waals surface area contributed by atoms with Gasteiger partial charge in [0.1, 0.15) is 0 Å². The molecule has 0 bridgehead atoms. The SMILES string of the molecule is CC(N)C(C)N1CCC(O)(CO)CC1. The molecule has 84 valence electrons. The van der Waals surface area contributed by atoms with Crippen LogP contribution in [0, 0.1) is 0 Å². The molecule has 1 rings (SSSR count). The van der Waals surface area contributed by atoms with Crippen molar-refractivity contribution in [2.24, 2.45) is 5.73 Å². The van der Waals surface area contributed by atoms with Gasteiger partial charge < -0.3 is 15.9 Å². The van der Waals surface area contributed by atoms with Gasteiger partial charge in [-0.25, -0.2) is 0 Å². The second kappa shape index (κ2) is 4.57. The standard InChI is InChI=1S/C10H22N2O2/c1-8(11)9(2)12-5-3-10(14,7-13)4-6-12/h8-9,13-14H,3-7,11H2,1-2H3. The van der Waals surface area contributed by atoms with Crippen LogP contribution in [0.1, 0.15) is 26.7 Å². The summed E-state index contributed by atoms with van der Waals surface area (Å²) in [7, 11) is 0. The van der Waals surface area contributed by atoms with E-state index in [4.69, 9.17) is 10.8 Å². The second-order valence-corrected chi connectivity index (χ2v) is 4.52. The topological polar surface area (TPSA) is 69.7 Å². The van der Waals surface area contributed by atoms with E-state index in [1.54, 1.807) is 0 Å². The van der Waals surface area contributed by atoms with Gasteiger partial charge in [-0.05, 0) is 26.7 Å².